The second-order valence-electron chi connectivity index (χ2n) is 4.07. The van der Waals surface area contributed by atoms with E-state index in [1.165, 1.54) is 0 Å². The van der Waals surface area contributed by atoms with E-state index in [0.29, 0.717) is 18.4 Å². The molecule has 0 aliphatic rings. The van der Waals surface area contributed by atoms with Crippen molar-refractivity contribution in [1.82, 2.24) is 0 Å². The second kappa shape index (κ2) is 7.53. The van der Waals surface area contributed by atoms with Crippen LogP contribution >= 0.6 is 15.9 Å². The normalized spacial score (nSPS) is 11.4. The summed E-state index contributed by atoms with van der Waals surface area (Å²) in [6.45, 7) is 0.146. The summed E-state index contributed by atoms with van der Waals surface area (Å²) in [6, 6.07) is 6.69. The first-order valence-corrected chi connectivity index (χ1v) is 6.67. The Kier molecular flexibility index (Phi) is 6.34. The van der Waals surface area contributed by atoms with Crippen LogP contribution in [0.5, 0.6) is 0 Å². The van der Waals surface area contributed by atoms with E-state index in [2.05, 4.69) is 15.9 Å². The van der Waals surface area contributed by atoms with Gasteiger partial charge in [0.25, 0.3) is 0 Å². The first-order chi connectivity index (χ1) is 8.88. The van der Waals surface area contributed by atoms with Crippen LogP contribution in [-0.2, 0) is 4.74 Å². The van der Waals surface area contributed by atoms with Crippen LogP contribution in [0.15, 0.2) is 28.7 Å². The summed E-state index contributed by atoms with van der Waals surface area (Å²) in [5, 5.41) is 0. The summed E-state index contributed by atoms with van der Waals surface area (Å²) >= 11 is 3.25. The minimum Gasteiger partial charge on any atom is -0.462 e. The fourth-order valence-electron chi connectivity index (χ4n) is 1.44. The van der Waals surface area contributed by atoms with Crippen molar-refractivity contribution < 1.29 is 22.7 Å². The summed E-state index contributed by atoms with van der Waals surface area (Å²) in [6.07, 6.45) is -3.98. The molecule has 106 valence electrons. The third kappa shape index (κ3) is 7.20. The van der Waals surface area contributed by atoms with Gasteiger partial charge in [0.15, 0.2) is 0 Å². The van der Waals surface area contributed by atoms with E-state index < -0.39 is 18.6 Å². The Hall–Kier alpha value is -1.04. The number of rotatable bonds is 6. The molecule has 0 fully saturated rings. The monoisotopic (exact) mass is 338 g/mol. The van der Waals surface area contributed by atoms with E-state index in [9.17, 15) is 18.0 Å². The standard InChI is InChI=1S/C13H14BrF3O2/c14-11-6-4-10(5-7-11)12(18)19-9-3-1-2-8-13(15,16)17/h4-7H,1-3,8-9H2. The molecule has 0 saturated carbocycles. The number of esters is 1. The van der Waals surface area contributed by atoms with Crippen LogP contribution in [0.2, 0.25) is 0 Å². The molecule has 6 heteroatoms. The fourth-order valence-corrected chi connectivity index (χ4v) is 1.70. The van der Waals surface area contributed by atoms with E-state index in [-0.39, 0.29) is 13.0 Å². The number of unbranched alkanes of at least 4 members (excludes halogenated alkanes) is 2. The molecular weight excluding hydrogens is 325 g/mol. The van der Waals surface area contributed by atoms with E-state index >= 15 is 0 Å². The number of alkyl halides is 3. The van der Waals surface area contributed by atoms with Crippen LogP contribution < -0.4 is 0 Å². The van der Waals surface area contributed by atoms with Gasteiger partial charge in [-0.05, 0) is 43.5 Å². The quantitative estimate of drug-likeness (QED) is 0.553. The van der Waals surface area contributed by atoms with Gasteiger partial charge < -0.3 is 4.74 Å². The molecule has 0 unspecified atom stereocenters. The summed E-state index contributed by atoms with van der Waals surface area (Å²) in [4.78, 5) is 11.5. The van der Waals surface area contributed by atoms with Gasteiger partial charge in [0.2, 0.25) is 0 Å². The Morgan fingerprint density at radius 3 is 2.32 bits per heavy atom. The molecule has 0 aliphatic carbocycles. The molecule has 1 rings (SSSR count). The molecule has 0 atom stereocenters. The lowest BCUT2D eigenvalue weighted by Gasteiger charge is -2.06. The minimum absolute atomic E-state index is 0.0688. The molecule has 0 heterocycles. The van der Waals surface area contributed by atoms with Gasteiger partial charge in [-0.1, -0.05) is 15.9 Å². The molecule has 0 saturated heterocycles. The maximum Gasteiger partial charge on any atom is 0.389 e. The Bertz CT molecular complexity index is 401. The minimum atomic E-state index is -4.10. The van der Waals surface area contributed by atoms with Crippen LogP contribution in [0.1, 0.15) is 36.0 Å². The number of hydrogen-bond donors (Lipinski definition) is 0. The predicted molar refractivity (Wildman–Crippen MR) is 68.9 cm³/mol. The van der Waals surface area contributed by atoms with Crippen molar-refractivity contribution in [2.45, 2.75) is 31.9 Å². The number of carbonyl (C=O) groups is 1. The molecule has 0 spiro atoms. The van der Waals surface area contributed by atoms with Gasteiger partial charge in [0.1, 0.15) is 0 Å². The zero-order valence-electron chi connectivity index (χ0n) is 10.2. The van der Waals surface area contributed by atoms with Gasteiger partial charge in [-0.3, -0.25) is 0 Å². The number of halogens is 4. The topological polar surface area (TPSA) is 26.3 Å². The first-order valence-electron chi connectivity index (χ1n) is 5.88. The average Bonchev–Trinajstić information content (AvgIpc) is 2.33. The summed E-state index contributed by atoms with van der Waals surface area (Å²) in [5.74, 6) is -0.455. The highest BCUT2D eigenvalue weighted by Gasteiger charge is 2.25. The Labute approximate surface area is 118 Å². The zero-order valence-corrected chi connectivity index (χ0v) is 11.8. The lowest BCUT2D eigenvalue weighted by molar-refractivity contribution is -0.135. The van der Waals surface area contributed by atoms with Gasteiger partial charge in [-0.15, -0.1) is 0 Å². The summed E-state index contributed by atoms with van der Waals surface area (Å²) in [5.41, 5.74) is 0.429. The van der Waals surface area contributed by atoms with Crippen LogP contribution in [0.3, 0.4) is 0 Å². The van der Waals surface area contributed by atoms with Gasteiger partial charge in [0.05, 0.1) is 12.2 Å². The molecule has 0 amide bonds. The fraction of sp³-hybridized carbons (Fsp3) is 0.462. The van der Waals surface area contributed by atoms with Crippen LogP contribution in [-0.4, -0.2) is 18.8 Å². The molecule has 0 radical (unpaired) electrons. The second-order valence-corrected chi connectivity index (χ2v) is 4.98. The lowest BCUT2D eigenvalue weighted by Crippen LogP contribution is -2.08. The third-order valence-electron chi connectivity index (χ3n) is 2.42. The zero-order chi connectivity index (χ0) is 14.3. The molecule has 0 N–H and O–H groups in total. The number of ether oxygens (including phenoxy) is 1. The smallest absolute Gasteiger partial charge is 0.389 e. The Morgan fingerprint density at radius 2 is 1.74 bits per heavy atom. The third-order valence-corrected chi connectivity index (χ3v) is 2.95. The van der Waals surface area contributed by atoms with Crippen molar-refractivity contribution in [3.8, 4) is 0 Å². The van der Waals surface area contributed by atoms with Crippen molar-refractivity contribution in [2.75, 3.05) is 6.61 Å². The molecular formula is C13H14BrF3O2. The van der Waals surface area contributed by atoms with Crippen molar-refractivity contribution in [1.29, 1.82) is 0 Å². The number of benzene rings is 1. The predicted octanol–water partition coefficient (Wildman–Crippen LogP) is 4.73. The number of carbonyl (C=O) groups excluding carboxylic acids is 1. The van der Waals surface area contributed by atoms with Gasteiger partial charge in [-0.2, -0.15) is 13.2 Å². The van der Waals surface area contributed by atoms with E-state index in [0.717, 1.165) is 4.47 Å². The van der Waals surface area contributed by atoms with Gasteiger partial charge in [0, 0.05) is 10.9 Å². The van der Waals surface area contributed by atoms with Crippen molar-refractivity contribution in [2.24, 2.45) is 0 Å². The summed E-state index contributed by atoms with van der Waals surface area (Å²) in [7, 11) is 0. The molecule has 19 heavy (non-hydrogen) atoms. The maximum absolute atomic E-state index is 11.9. The lowest BCUT2D eigenvalue weighted by atomic mass is 10.2. The molecule has 0 aromatic heterocycles. The number of hydrogen-bond acceptors (Lipinski definition) is 2. The highest BCUT2D eigenvalue weighted by molar-refractivity contribution is 9.10. The molecule has 1 aromatic carbocycles. The van der Waals surface area contributed by atoms with Crippen molar-refractivity contribution >= 4 is 21.9 Å². The first kappa shape index (κ1) is 16.0. The highest BCUT2D eigenvalue weighted by Crippen LogP contribution is 2.22. The molecule has 0 bridgehead atoms. The van der Waals surface area contributed by atoms with Crippen molar-refractivity contribution in [3.63, 3.8) is 0 Å². The van der Waals surface area contributed by atoms with E-state index in [4.69, 9.17) is 4.74 Å². The van der Waals surface area contributed by atoms with Crippen LogP contribution in [0.4, 0.5) is 13.2 Å². The van der Waals surface area contributed by atoms with Crippen LogP contribution in [0.25, 0.3) is 0 Å². The Balaban J connectivity index is 2.16. The van der Waals surface area contributed by atoms with Gasteiger partial charge >= 0.3 is 12.1 Å². The summed E-state index contributed by atoms with van der Waals surface area (Å²) < 4.78 is 41.4. The molecule has 0 aliphatic heterocycles. The SMILES string of the molecule is O=C(OCCCCCC(F)(F)F)c1ccc(Br)cc1. The van der Waals surface area contributed by atoms with Crippen LogP contribution in [0, 0.1) is 0 Å². The average molecular weight is 339 g/mol. The van der Waals surface area contributed by atoms with E-state index in [1.54, 1.807) is 24.3 Å². The van der Waals surface area contributed by atoms with E-state index in [1.807, 2.05) is 0 Å². The van der Waals surface area contributed by atoms with Gasteiger partial charge in [-0.25, -0.2) is 4.79 Å². The van der Waals surface area contributed by atoms with Crippen molar-refractivity contribution in [3.05, 3.63) is 34.3 Å². The molecule has 2 nitrogen and oxygen atoms in total. The molecule has 1 aromatic rings. The highest BCUT2D eigenvalue weighted by atomic mass is 79.9. The maximum atomic E-state index is 11.9. The Morgan fingerprint density at radius 1 is 1.11 bits per heavy atom. The largest absolute Gasteiger partial charge is 0.462 e.